The van der Waals surface area contributed by atoms with Gasteiger partial charge in [-0.2, -0.15) is 0 Å². The molecule has 0 radical (unpaired) electrons. The molecule has 1 aromatic carbocycles. The SMILES string of the molecule is C/C=C(\C=C/CC)Nc1ccc2c(c1)COB2O. The Labute approximate surface area is 108 Å². The Morgan fingerprint density at radius 2 is 2.39 bits per heavy atom. The summed E-state index contributed by atoms with van der Waals surface area (Å²) < 4.78 is 5.17. The number of hydrogen-bond acceptors (Lipinski definition) is 3. The van der Waals surface area contributed by atoms with E-state index in [2.05, 4.69) is 24.4 Å². The second-order valence-electron chi connectivity index (χ2n) is 4.26. The maximum Gasteiger partial charge on any atom is 0.491 e. The lowest BCUT2D eigenvalue weighted by atomic mass is 9.79. The molecule has 0 aromatic heterocycles. The molecule has 1 aliphatic heterocycles. The van der Waals surface area contributed by atoms with Crippen LogP contribution in [-0.2, 0) is 11.3 Å². The van der Waals surface area contributed by atoms with Gasteiger partial charge in [0.1, 0.15) is 0 Å². The van der Waals surface area contributed by atoms with Gasteiger partial charge in [0.2, 0.25) is 0 Å². The third-order valence-electron chi connectivity index (χ3n) is 2.94. The van der Waals surface area contributed by atoms with E-state index in [1.807, 2.05) is 31.2 Å². The van der Waals surface area contributed by atoms with Crippen LogP contribution in [0.3, 0.4) is 0 Å². The van der Waals surface area contributed by atoms with Crippen molar-refractivity contribution in [2.75, 3.05) is 5.32 Å². The summed E-state index contributed by atoms with van der Waals surface area (Å²) in [4.78, 5) is 0. The molecule has 0 spiro atoms. The molecule has 0 amide bonds. The van der Waals surface area contributed by atoms with Crippen molar-refractivity contribution < 1.29 is 9.68 Å². The number of nitrogens with one attached hydrogen (secondary N) is 1. The quantitative estimate of drug-likeness (QED) is 0.629. The Morgan fingerprint density at radius 1 is 1.56 bits per heavy atom. The predicted molar refractivity (Wildman–Crippen MR) is 75.6 cm³/mol. The molecule has 1 aromatic rings. The van der Waals surface area contributed by atoms with E-state index in [0.29, 0.717) is 6.61 Å². The van der Waals surface area contributed by atoms with Crippen LogP contribution in [0.15, 0.2) is 42.1 Å². The molecule has 94 valence electrons. The van der Waals surface area contributed by atoms with Crippen molar-refractivity contribution in [1.82, 2.24) is 0 Å². The van der Waals surface area contributed by atoms with E-state index in [0.717, 1.165) is 28.8 Å². The van der Waals surface area contributed by atoms with Gasteiger partial charge in [-0.15, -0.1) is 0 Å². The van der Waals surface area contributed by atoms with E-state index < -0.39 is 7.12 Å². The van der Waals surface area contributed by atoms with Crippen molar-refractivity contribution in [2.45, 2.75) is 26.9 Å². The monoisotopic (exact) mass is 243 g/mol. The van der Waals surface area contributed by atoms with Gasteiger partial charge >= 0.3 is 7.12 Å². The zero-order valence-corrected chi connectivity index (χ0v) is 10.8. The third-order valence-corrected chi connectivity index (χ3v) is 2.94. The standard InChI is InChI=1S/C14H18BNO2/c1-3-5-6-12(4-2)16-13-7-8-14-11(9-13)10-18-15(14)17/h4-9,16-17H,3,10H2,1-2H3/b6-5-,12-4+. The first kappa shape index (κ1) is 12.9. The minimum Gasteiger partial charge on any atom is -0.423 e. The van der Waals surface area contributed by atoms with Crippen LogP contribution in [-0.4, -0.2) is 12.1 Å². The molecule has 1 aliphatic rings. The summed E-state index contributed by atoms with van der Waals surface area (Å²) >= 11 is 0. The van der Waals surface area contributed by atoms with Crippen molar-refractivity contribution in [3.05, 3.63) is 47.7 Å². The summed E-state index contributed by atoms with van der Waals surface area (Å²) in [5.41, 5.74) is 3.99. The number of allylic oxidation sites excluding steroid dienone is 3. The molecule has 0 saturated heterocycles. The molecule has 0 bridgehead atoms. The van der Waals surface area contributed by atoms with Crippen molar-refractivity contribution in [3.8, 4) is 0 Å². The molecule has 0 atom stereocenters. The fraction of sp³-hybridized carbons (Fsp3) is 0.286. The lowest BCUT2D eigenvalue weighted by Gasteiger charge is -2.08. The zero-order valence-electron chi connectivity index (χ0n) is 10.8. The normalized spacial score (nSPS) is 15.3. The summed E-state index contributed by atoms with van der Waals surface area (Å²) in [7, 11) is -0.768. The highest BCUT2D eigenvalue weighted by Crippen LogP contribution is 2.17. The summed E-state index contributed by atoms with van der Waals surface area (Å²) in [6.45, 7) is 4.59. The highest BCUT2D eigenvalue weighted by Gasteiger charge is 2.26. The minimum absolute atomic E-state index is 0.474. The topological polar surface area (TPSA) is 41.5 Å². The number of anilines is 1. The Morgan fingerprint density at radius 3 is 3.11 bits per heavy atom. The number of fused-ring (bicyclic) bond motifs is 1. The van der Waals surface area contributed by atoms with Gasteiger partial charge in [0, 0.05) is 11.4 Å². The van der Waals surface area contributed by atoms with E-state index in [1.165, 1.54) is 0 Å². The third kappa shape index (κ3) is 2.83. The van der Waals surface area contributed by atoms with Crippen LogP contribution < -0.4 is 10.8 Å². The van der Waals surface area contributed by atoms with E-state index in [4.69, 9.17) is 4.65 Å². The van der Waals surface area contributed by atoms with Gasteiger partial charge < -0.3 is 15.0 Å². The van der Waals surface area contributed by atoms with Gasteiger partial charge in [0.15, 0.2) is 0 Å². The van der Waals surface area contributed by atoms with Gasteiger partial charge in [-0.3, -0.25) is 0 Å². The van der Waals surface area contributed by atoms with E-state index in [1.54, 1.807) is 0 Å². The van der Waals surface area contributed by atoms with Crippen molar-refractivity contribution in [2.24, 2.45) is 0 Å². The number of benzene rings is 1. The van der Waals surface area contributed by atoms with E-state index in [9.17, 15) is 5.02 Å². The molecule has 0 saturated carbocycles. The van der Waals surface area contributed by atoms with Crippen LogP contribution in [0.4, 0.5) is 5.69 Å². The zero-order chi connectivity index (χ0) is 13.0. The number of rotatable bonds is 4. The summed E-state index contributed by atoms with van der Waals surface area (Å²) in [5, 5.41) is 12.9. The Hall–Kier alpha value is -1.52. The second kappa shape index (κ2) is 5.89. The average Bonchev–Trinajstić information content (AvgIpc) is 2.76. The van der Waals surface area contributed by atoms with Crippen LogP contribution in [0, 0.1) is 0 Å². The van der Waals surface area contributed by atoms with Crippen LogP contribution in [0.25, 0.3) is 0 Å². The first-order valence-corrected chi connectivity index (χ1v) is 6.27. The predicted octanol–water partition coefficient (Wildman–Crippen LogP) is 2.19. The van der Waals surface area contributed by atoms with Gasteiger partial charge in [0.05, 0.1) is 6.61 Å². The molecular weight excluding hydrogens is 225 g/mol. The lowest BCUT2D eigenvalue weighted by molar-refractivity contribution is 0.275. The summed E-state index contributed by atoms with van der Waals surface area (Å²) in [6, 6.07) is 5.89. The van der Waals surface area contributed by atoms with Crippen LogP contribution in [0.2, 0.25) is 0 Å². The fourth-order valence-electron chi connectivity index (χ4n) is 1.93. The van der Waals surface area contributed by atoms with Gasteiger partial charge in [-0.25, -0.2) is 0 Å². The Kier molecular flexibility index (Phi) is 4.23. The molecule has 2 N–H and O–H groups in total. The first-order valence-electron chi connectivity index (χ1n) is 6.27. The van der Waals surface area contributed by atoms with Crippen molar-refractivity contribution in [3.63, 3.8) is 0 Å². The molecule has 3 nitrogen and oxygen atoms in total. The fourth-order valence-corrected chi connectivity index (χ4v) is 1.93. The van der Waals surface area contributed by atoms with Crippen LogP contribution in [0.5, 0.6) is 0 Å². The maximum absolute atomic E-state index is 9.55. The molecule has 1 heterocycles. The molecule has 18 heavy (non-hydrogen) atoms. The smallest absolute Gasteiger partial charge is 0.423 e. The second-order valence-corrected chi connectivity index (χ2v) is 4.26. The Bertz CT molecular complexity index is 483. The molecule has 0 unspecified atom stereocenters. The molecule has 4 heteroatoms. The highest BCUT2D eigenvalue weighted by molar-refractivity contribution is 6.61. The van der Waals surface area contributed by atoms with Crippen LogP contribution >= 0.6 is 0 Å². The minimum atomic E-state index is -0.768. The number of hydrogen-bond donors (Lipinski definition) is 2. The van der Waals surface area contributed by atoms with Crippen molar-refractivity contribution >= 4 is 18.3 Å². The Balaban J connectivity index is 2.13. The van der Waals surface area contributed by atoms with Gasteiger partial charge in [-0.05, 0) is 42.6 Å². The highest BCUT2D eigenvalue weighted by atomic mass is 16.5. The van der Waals surface area contributed by atoms with E-state index >= 15 is 0 Å². The van der Waals surface area contributed by atoms with Gasteiger partial charge in [0.25, 0.3) is 0 Å². The van der Waals surface area contributed by atoms with Crippen LogP contribution in [0.1, 0.15) is 25.8 Å². The van der Waals surface area contributed by atoms with E-state index in [-0.39, 0.29) is 0 Å². The molecule has 0 fully saturated rings. The van der Waals surface area contributed by atoms with Crippen molar-refractivity contribution in [1.29, 1.82) is 0 Å². The summed E-state index contributed by atoms with van der Waals surface area (Å²) in [5.74, 6) is 0. The molecule has 0 aliphatic carbocycles. The lowest BCUT2D eigenvalue weighted by Crippen LogP contribution is -2.27. The maximum atomic E-state index is 9.55. The van der Waals surface area contributed by atoms with Gasteiger partial charge in [-0.1, -0.05) is 25.1 Å². The molecular formula is C14H18BNO2. The summed E-state index contributed by atoms with van der Waals surface area (Å²) in [6.07, 6.45) is 7.23. The first-order chi connectivity index (χ1) is 8.74. The average molecular weight is 243 g/mol. The largest absolute Gasteiger partial charge is 0.491 e. The molecule has 2 rings (SSSR count).